The van der Waals surface area contributed by atoms with Crippen molar-refractivity contribution in [3.8, 4) is 0 Å². The third-order valence-corrected chi connectivity index (χ3v) is 4.04. The Morgan fingerprint density at radius 2 is 1.89 bits per heavy atom. The summed E-state index contributed by atoms with van der Waals surface area (Å²) in [6, 6.07) is 6.59. The van der Waals surface area contributed by atoms with Crippen molar-refractivity contribution in [3.05, 3.63) is 29.8 Å². The van der Waals surface area contributed by atoms with Crippen LogP contribution < -0.4 is 10.5 Å². The van der Waals surface area contributed by atoms with Gasteiger partial charge in [0.05, 0.1) is 11.0 Å². The normalized spacial score (nSPS) is 15.2. The van der Waals surface area contributed by atoms with Crippen LogP contribution in [0.1, 0.15) is 38.3 Å². The zero-order chi connectivity index (χ0) is 14.5. The van der Waals surface area contributed by atoms with Gasteiger partial charge in [-0.25, -0.2) is 13.6 Å². The van der Waals surface area contributed by atoms with Gasteiger partial charge in [-0.2, -0.15) is 0 Å². The molecule has 19 heavy (non-hydrogen) atoms. The summed E-state index contributed by atoms with van der Waals surface area (Å²) < 4.78 is 22.3. The van der Waals surface area contributed by atoms with E-state index in [1.807, 2.05) is 13.8 Å². The van der Waals surface area contributed by atoms with E-state index in [9.17, 15) is 13.5 Å². The van der Waals surface area contributed by atoms with Gasteiger partial charge in [-0.15, -0.1) is 0 Å². The van der Waals surface area contributed by atoms with E-state index in [0.717, 1.165) is 12.0 Å². The monoisotopic (exact) mass is 286 g/mol. The van der Waals surface area contributed by atoms with Crippen LogP contribution in [0.2, 0.25) is 0 Å². The lowest BCUT2D eigenvalue weighted by Gasteiger charge is -2.16. The summed E-state index contributed by atoms with van der Waals surface area (Å²) in [7, 11) is -3.63. The maximum atomic E-state index is 11.1. The van der Waals surface area contributed by atoms with Gasteiger partial charge < -0.3 is 10.4 Å². The number of nitrogens with one attached hydrogen (secondary N) is 1. The Labute approximate surface area is 114 Å². The molecular formula is C13H22N2O3S. The quantitative estimate of drug-likeness (QED) is 0.701. The summed E-state index contributed by atoms with van der Waals surface area (Å²) in [5.41, 5.74) is 0.985. The fourth-order valence-corrected chi connectivity index (χ4v) is 2.25. The van der Waals surface area contributed by atoms with Gasteiger partial charge in [0, 0.05) is 6.04 Å². The van der Waals surface area contributed by atoms with Crippen molar-refractivity contribution >= 4 is 10.0 Å². The van der Waals surface area contributed by atoms with E-state index in [1.165, 1.54) is 12.1 Å². The number of benzene rings is 1. The van der Waals surface area contributed by atoms with Crippen molar-refractivity contribution in [1.82, 2.24) is 5.32 Å². The van der Waals surface area contributed by atoms with Crippen molar-refractivity contribution in [3.63, 3.8) is 0 Å². The molecule has 2 atom stereocenters. The Hall–Kier alpha value is -0.950. The molecule has 0 heterocycles. The summed E-state index contributed by atoms with van der Waals surface area (Å²) in [4.78, 5) is 0.116. The molecule has 1 aromatic rings. The first kappa shape index (κ1) is 16.1. The van der Waals surface area contributed by atoms with Crippen LogP contribution in [-0.4, -0.2) is 26.2 Å². The highest BCUT2D eigenvalue weighted by Crippen LogP contribution is 2.15. The zero-order valence-corrected chi connectivity index (χ0v) is 12.2. The average Bonchev–Trinajstić information content (AvgIpc) is 2.37. The van der Waals surface area contributed by atoms with Gasteiger partial charge in [-0.3, -0.25) is 0 Å². The highest BCUT2D eigenvalue weighted by molar-refractivity contribution is 7.89. The van der Waals surface area contributed by atoms with Crippen LogP contribution >= 0.6 is 0 Å². The minimum atomic E-state index is -3.63. The highest BCUT2D eigenvalue weighted by atomic mass is 32.2. The van der Waals surface area contributed by atoms with E-state index < -0.39 is 10.0 Å². The molecule has 108 valence electrons. The number of aliphatic hydroxyl groups is 1. The lowest BCUT2D eigenvalue weighted by atomic mass is 10.1. The Morgan fingerprint density at radius 3 is 2.37 bits per heavy atom. The molecule has 1 aromatic carbocycles. The van der Waals surface area contributed by atoms with Gasteiger partial charge in [-0.05, 0) is 44.0 Å². The van der Waals surface area contributed by atoms with Crippen molar-refractivity contribution in [1.29, 1.82) is 0 Å². The zero-order valence-electron chi connectivity index (χ0n) is 11.3. The highest BCUT2D eigenvalue weighted by Gasteiger charge is 2.10. The first-order chi connectivity index (χ1) is 8.84. The van der Waals surface area contributed by atoms with Gasteiger partial charge in [-0.1, -0.05) is 19.1 Å². The molecule has 0 spiro atoms. The molecule has 0 aliphatic rings. The van der Waals surface area contributed by atoms with Crippen molar-refractivity contribution in [2.45, 2.75) is 43.7 Å². The molecule has 2 unspecified atom stereocenters. The molecule has 0 amide bonds. The predicted octanol–water partition coefficient (Wildman–Crippen LogP) is 1.15. The summed E-state index contributed by atoms with van der Waals surface area (Å²) in [6.07, 6.45) is 1.18. The molecule has 0 aromatic heterocycles. The number of hydrogen-bond donors (Lipinski definition) is 3. The Morgan fingerprint density at radius 1 is 1.32 bits per heavy atom. The number of rotatable bonds is 7. The molecule has 6 heteroatoms. The first-order valence-electron chi connectivity index (χ1n) is 6.38. The van der Waals surface area contributed by atoms with Crippen LogP contribution in [0.5, 0.6) is 0 Å². The lowest BCUT2D eigenvalue weighted by molar-refractivity contribution is 0.159. The van der Waals surface area contributed by atoms with E-state index in [4.69, 9.17) is 5.14 Å². The van der Waals surface area contributed by atoms with Crippen molar-refractivity contribution in [2.24, 2.45) is 5.14 Å². The van der Waals surface area contributed by atoms with Gasteiger partial charge >= 0.3 is 0 Å². The molecular weight excluding hydrogens is 264 g/mol. The van der Waals surface area contributed by atoms with Gasteiger partial charge in [0.15, 0.2) is 0 Å². The fraction of sp³-hybridized carbons (Fsp3) is 0.538. The summed E-state index contributed by atoms with van der Waals surface area (Å²) in [5.74, 6) is 0. The Balaban J connectivity index is 2.56. The number of nitrogens with two attached hydrogens (primary N) is 1. The van der Waals surface area contributed by atoms with E-state index >= 15 is 0 Å². The Kier molecular flexibility index (Phi) is 5.93. The molecule has 0 aliphatic carbocycles. The van der Waals surface area contributed by atoms with Crippen LogP contribution in [0.3, 0.4) is 0 Å². The molecule has 0 bridgehead atoms. The number of sulfonamides is 1. The van der Waals surface area contributed by atoms with Gasteiger partial charge in [0.25, 0.3) is 0 Å². The lowest BCUT2D eigenvalue weighted by Crippen LogP contribution is -2.23. The number of aliphatic hydroxyl groups excluding tert-OH is 1. The molecule has 0 radical (unpaired) electrons. The minimum absolute atomic E-state index is 0.0959. The topological polar surface area (TPSA) is 92.4 Å². The van der Waals surface area contributed by atoms with Crippen LogP contribution in [0.15, 0.2) is 29.2 Å². The average molecular weight is 286 g/mol. The molecule has 0 fully saturated rings. The van der Waals surface area contributed by atoms with Crippen LogP contribution in [-0.2, 0) is 10.0 Å². The van der Waals surface area contributed by atoms with Crippen LogP contribution in [0.4, 0.5) is 0 Å². The summed E-state index contributed by atoms with van der Waals surface area (Å²) in [5, 5.41) is 17.8. The maximum Gasteiger partial charge on any atom is 0.238 e. The summed E-state index contributed by atoms with van der Waals surface area (Å²) in [6.45, 7) is 4.65. The molecule has 4 N–H and O–H groups in total. The van der Waals surface area contributed by atoms with Crippen molar-refractivity contribution in [2.75, 3.05) is 6.54 Å². The van der Waals surface area contributed by atoms with Crippen LogP contribution in [0, 0.1) is 0 Å². The minimum Gasteiger partial charge on any atom is -0.393 e. The Bertz CT molecular complexity index is 485. The van der Waals surface area contributed by atoms with E-state index in [1.54, 1.807) is 12.1 Å². The largest absolute Gasteiger partial charge is 0.393 e. The van der Waals surface area contributed by atoms with Gasteiger partial charge in [0.2, 0.25) is 10.0 Å². The first-order valence-corrected chi connectivity index (χ1v) is 7.93. The van der Waals surface area contributed by atoms with E-state index in [0.29, 0.717) is 13.0 Å². The maximum absolute atomic E-state index is 11.1. The number of hydrogen-bond acceptors (Lipinski definition) is 4. The molecule has 5 nitrogen and oxygen atoms in total. The third-order valence-electron chi connectivity index (χ3n) is 3.11. The smallest absolute Gasteiger partial charge is 0.238 e. The van der Waals surface area contributed by atoms with Gasteiger partial charge in [0.1, 0.15) is 0 Å². The predicted molar refractivity (Wildman–Crippen MR) is 75.1 cm³/mol. The van der Waals surface area contributed by atoms with Crippen molar-refractivity contribution < 1.29 is 13.5 Å². The molecule has 0 saturated carbocycles. The third kappa shape index (κ3) is 5.28. The van der Waals surface area contributed by atoms with E-state index in [2.05, 4.69) is 5.32 Å². The fourth-order valence-electron chi connectivity index (χ4n) is 1.73. The molecule has 0 saturated heterocycles. The molecule has 1 rings (SSSR count). The molecule has 0 aliphatic heterocycles. The summed E-state index contributed by atoms with van der Waals surface area (Å²) >= 11 is 0. The second kappa shape index (κ2) is 7.00. The number of primary sulfonamides is 1. The van der Waals surface area contributed by atoms with Crippen LogP contribution in [0.25, 0.3) is 0 Å². The standard InChI is InChI=1S/C13H22N2O3S/c1-3-12(16)8-9-15-10(2)11-4-6-13(7-5-11)19(14,17)18/h4-7,10,12,15-16H,3,8-9H2,1-2H3,(H2,14,17,18). The SMILES string of the molecule is CCC(O)CCNC(C)c1ccc(S(N)(=O)=O)cc1. The second-order valence-corrected chi connectivity index (χ2v) is 6.20. The van der Waals surface area contributed by atoms with E-state index in [-0.39, 0.29) is 17.0 Å². The second-order valence-electron chi connectivity index (χ2n) is 4.64.